The van der Waals surface area contributed by atoms with Gasteiger partial charge >= 0.3 is 0 Å². The summed E-state index contributed by atoms with van der Waals surface area (Å²) in [7, 11) is 5.38. The maximum atomic E-state index is 11.1. The number of benzene rings is 2. The van der Waals surface area contributed by atoms with Crippen molar-refractivity contribution in [2.45, 2.75) is 44.6 Å². The summed E-state index contributed by atoms with van der Waals surface area (Å²) in [6.07, 6.45) is 3.84. The Labute approximate surface area is 180 Å². The van der Waals surface area contributed by atoms with Crippen molar-refractivity contribution < 1.29 is 14.6 Å². The van der Waals surface area contributed by atoms with E-state index in [0.717, 1.165) is 37.3 Å². The number of aryl methyl sites for hydroxylation is 3. The first kappa shape index (κ1) is 22.2. The second-order valence-electron chi connectivity index (χ2n) is 8.29. The molecule has 0 saturated heterocycles. The van der Waals surface area contributed by atoms with E-state index in [9.17, 15) is 5.11 Å². The minimum Gasteiger partial charge on any atom is -0.493 e. The predicted octanol–water partition coefficient (Wildman–Crippen LogP) is 3.80. The minimum absolute atomic E-state index is 0.634. The van der Waals surface area contributed by atoms with Gasteiger partial charge in [0.05, 0.1) is 20.8 Å². The van der Waals surface area contributed by atoms with E-state index in [-0.39, 0.29) is 0 Å². The van der Waals surface area contributed by atoms with Crippen molar-refractivity contribution >= 4 is 0 Å². The molecule has 0 aromatic heterocycles. The molecule has 1 aliphatic carbocycles. The van der Waals surface area contributed by atoms with Crippen LogP contribution in [0.3, 0.4) is 0 Å². The number of methoxy groups -OCH3 is 2. The monoisotopic (exact) mass is 407 g/mol. The fourth-order valence-electron chi connectivity index (χ4n) is 3.97. The summed E-state index contributed by atoms with van der Waals surface area (Å²) in [4.78, 5) is 2.21. The van der Waals surface area contributed by atoms with Crippen LogP contribution in [0.15, 0.2) is 36.4 Å². The Bertz CT molecular complexity index is 891. The van der Waals surface area contributed by atoms with Crippen molar-refractivity contribution in [3.05, 3.63) is 58.7 Å². The smallest absolute Gasteiger partial charge is 0.161 e. The lowest BCUT2D eigenvalue weighted by Crippen LogP contribution is -2.28. The molecule has 0 atom stereocenters. The van der Waals surface area contributed by atoms with E-state index in [1.165, 1.54) is 22.3 Å². The van der Waals surface area contributed by atoms with E-state index < -0.39 is 5.60 Å². The molecule has 4 nitrogen and oxygen atoms in total. The molecule has 0 aliphatic heterocycles. The molecule has 1 N–H and O–H groups in total. The van der Waals surface area contributed by atoms with Crippen LogP contribution in [0, 0.1) is 18.8 Å². The molecule has 2 aromatic rings. The third-order valence-electron chi connectivity index (χ3n) is 5.86. The van der Waals surface area contributed by atoms with E-state index in [0.29, 0.717) is 19.4 Å². The molecule has 0 spiro atoms. The molecule has 160 valence electrons. The second-order valence-corrected chi connectivity index (χ2v) is 8.29. The van der Waals surface area contributed by atoms with Gasteiger partial charge in [0.15, 0.2) is 11.5 Å². The Morgan fingerprint density at radius 2 is 1.67 bits per heavy atom. The van der Waals surface area contributed by atoms with Crippen LogP contribution in [0.5, 0.6) is 11.5 Å². The molecule has 0 amide bonds. The van der Waals surface area contributed by atoms with Crippen molar-refractivity contribution in [1.29, 1.82) is 0 Å². The third kappa shape index (κ3) is 5.78. The summed E-state index contributed by atoms with van der Waals surface area (Å²) < 4.78 is 10.9. The van der Waals surface area contributed by atoms with Crippen LogP contribution in [0.2, 0.25) is 0 Å². The Morgan fingerprint density at radius 1 is 1.03 bits per heavy atom. The maximum Gasteiger partial charge on any atom is 0.161 e. The van der Waals surface area contributed by atoms with Crippen LogP contribution in [-0.4, -0.2) is 50.0 Å². The number of nitrogens with zero attached hydrogens (tertiary/aromatic N) is 1. The molecule has 1 aliphatic rings. The highest BCUT2D eigenvalue weighted by Crippen LogP contribution is 2.35. The van der Waals surface area contributed by atoms with Crippen molar-refractivity contribution in [2.75, 3.05) is 34.4 Å². The molecule has 3 rings (SSSR count). The number of hydrogen-bond donors (Lipinski definition) is 1. The van der Waals surface area contributed by atoms with Crippen molar-refractivity contribution in [3.63, 3.8) is 0 Å². The van der Waals surface area contributed by atoms with Crippen LogP contribution >= 0.6 is 0 Å². The molecule has 30 heavy (non-hydrogen) atoms. The van der Waals surface area contributed by atoms with Gasteiger partial charge in [-0.1, -0.05) is 41.7 Å². The molecule has 2 aromatic carbocycles. The number of ether oxygens (including phenoxy) is 2. The lowest BCUT2D eigenvalue weighted by atomic mass is 9.94. The largest absolute Gasteiger partial charge is 0.493 e. The molecule has 0 radical (unpaired) electrons. The highest BCUT2D eigenvalue weighted by molar-refractivity contribution is 5.48. The van der Waals surface area contributed by atoms with Gasteiger partial charge in [0.25, 0.3) is 0 Å². The molecular formula is C26H33NO3. The average Bonchev–Trinajstić information content (AvgIpc) is 2.90. The van der Waals surface area contributed by atoms with E-state index in [1.54, 1.807) is 14.2 Å². The highest BCUT2D eigenvalue weighted by atomic mass is 16.5. The van der Waals surface area contributed by atoms with Crippen LogP contribution in [0.25, 0.3) is 0 Å². The Balaban J connectivity index is 1.57. The van der Waals surface area contributed by atoms with Gasteiger partial charge < -0.3 is 14.6 Å². The van der Waals surface area contributed by atoms with Crippen molar-refractivity contribution in [1.82, 2.24) is 4.90 Å². The van der Waals surface area contributed by atoms with E-state index >= 15 is 0 Å². The Morgan fingerprint density at radius 3 is 2.23 bits per heavy atom. The summed E-state index contributed by atoms with van der Waals surface area (Å²) in [5.41, 5.74) is 4.11. The van der Waals surface area contributed by atoms with Crippen LogP contribution in [0.4, 0.5) is 0 Å². The molecule has 0 unspecified atom stereocenters. The number of aliphatic hydroxyl groups is 1. The van der Waals surface area contributed by atoms with Gasteiger partial charge in [0.1, 0.15) is 5.60 Å². The van der Waals surface area contributed by atoms with Gasteiger partial charge in [-0.05, 0) is 74.9 Å². The zero-order valence-corrected chi connectivity index (χ0v) is 18.6. The van der Waals surface area contributed by atoms with Gasteiger partial charge in [-0.15, -0.1) is 0 Å². The lowest BCUT2D eigenvalue weighted by molar-refractivity contribution is 0.0856. The zero-order valence-electron chi connectivity index (χ0n) is 18.6. The maximum absolute atomic E-state index is 11.1. The van der Waals surface area contributed by atoms with Crippen molar-refractivity contribution in [2.24, 2.45) is 0 Å². The molecule has 4 heteroatoms. The summed E-state index contributed by atoms with van der Waals surface area (Å²) >= 11 is 0. The van der Waals surface area contributed by atoms with Gasteiger partial charge in [0, 0.05) is 6.54 Å². The lowest BCUT2D eigenvalue weighted by Gasteiger charge is -2.20. The van der Waals surface area contributed by atoms with Gasteiger partial charge in [-0.2, -0.15) is 0 Å². The van der Waals surface area contributed by atoms with E-state index in [4.69, 9.17) is 9.47 Å². The molecule has 0 fully saturated rings. The molecule has 0 bridgehead atoms. The number of fused-ring (bicyclic) bond motifs is 1. The zero-order chi connectivity index (χ0) is 21.6. The van der Waals surface area contributed by atoms with E-state index in [2.05, 4.69) is 55.0 Å². The van der Waals surface area contributed by atoms with Gasteiger partial charge in [0.2, 0.25) is 0 Å². The Kier molecular flexibility index (Phi) is 7.42. The standard InChI is InChI=1S/C26H33NO3/c1-20-7-5-8-21(17-20)11-16-27(2)15-6-12-26(28)13-9-22-18-24(29-3)25(30-4)19-23(22)10-14-26/h5,7-8,17-19,28H,9-11,13-16H2,1-4H3. The van der Waals surface area contributed by atoms with Crippen LogP contribution in [-0.2, 0) is 19.3 Å². The molecule has 0 heterocycles. The number of likely N-dealkylation sites (N-methyl/N-ethyl adjacent to an activating group) is 1. The van der Waals surface area contributed by atoms with Crippen LogP contribution in [0.1, 0.15) is 35.1 Å². The second kappa shape index (κ2) is 10.0. The summed E-state index contributed by atoms with van der Waals surface area (Å²) in [6, 6.07) is 12.7. The highest BCUT2D eigenvalue weighted by Gasteiger charge is 2.28. The summed E-state index contributed by atoms with van der Waals surface area (Å²) in [5.74, 6) is 7.87. The van der Waals surface area contributed by atoms with E-state index in [1.807, 2.05) is 12.1 Å². The fraction of sp³-hybridized carbons (Fsp3) is 0.462. The normalized spacial score (nSPS) is 15.0. The quantitative estimate of drug-likeness (QED) is 0.584. The molecule has 0 saturated carbocycles. The van der Waals surface area contributed by atoms with Crippen molar-refractivity contribution in [3.8, 4) is 23.3 Å². The minimum atomic E-state index is -0.948. The average molecular weight is 408 g/mol. The first-order valence-electron chi connectivity index (χ1n) is 10.6. The molecular weight excluding hydrogens is 374 g/mol. The fourth-order valence-corrected chi connectivity index (χ4v) is 3.97. The third-order valence-corrected chi connectivity index (χ3v) is 5.86. The first-order valence-corrected chi connectivity index (χ1v) is 10.6. The van der Waals surface area contributed by atoms with Gasteiger partial charge in [-0.25, -0.2) is 0 Å². The first-order chi connectivity index (χ1) is 14.4. The number of rotatable bonds is 6. The van der Waals surface area contributed by atoms with Crippen LogP contribution < -0.4 is 9.47 Å². The summed E-state index contributed by atoms with van der Waals surface area (Å²) in [5, 5.41) is 11.1. The number of hydrogen-bond acceptors (Lipinski definition) is 4. The summed E-state index contributed by atoms with van der Waals surface area (Å²) in [6.45, 7) is 3.72. The van der Waals surface area contributed by atoms with Gasteiger partial charge in [-0.3, -0.25) is 4.90 Å². The Hall–Kier alpha value is -2.48. The SMILES string of the molecule is COc1cc2c(cc1OC)CCC(O)(C#CCN(C)CCc1cccc(C)c1)CC2. The predicted molar refractivity (Wildman–Crippen MR) is 121 cm³/mol. The topological polar surface area (TPSA) is 41.9 Å².